The molecule has 3 unspecified atom stereocenters. The first-order valence-electron chi connectivity index (χ1n) is 9.00. The first-order chi connectivity index (χ1) is 12.9. The van der Waals surface area contributed by atoms with E-state index in [1.54, 1.807) is 13.1 Å². The molecule has 1 N–H and O–H groups in total. The van der Waals surface area contributed by atoms with Crippen molar-refractivity contribution in [3.05, 3.63) is 47.1 Å². The van der Waals surface area contributed by atoms with E-state index in [0.29, 0.717) is 11.4 Å². The molecule has 3 rings (SSSR count). The van der Waals surface area contributed by atoms with E-state index in [1.807, 2.05) is 36.4 Å². The quantitative estimate of drug-likeness (QED) is 0.775. The first-order valence-corrected chi connectivity index (χ1v) is 9.79. The Hall–Kier alpha value is -2.12. The molecule has 0 aliphatic carbocycles. The van der Waals surface area contributed by atoms with Gasteiger partial charge in [0.1, 0.15) is 11.6 Å². The monoisotopic (exact) mass is 433 g/mol. The van der Waals surface area contributed by atoms with Crippen LogP contribution in [0.15, 0.2) is 47.1 Å². The van der Waals surface area contributed by atoms with Crippen molar-refractivity contribution < 1.29 is 14.3 Å². The molecule has 1 aromatic carbocycles. The van der Waals surface area contributed by atoms with Gasteiger partial charge in [0, 0.05) is 17.6 Å². The summed E-state index contributed by atoms with van der Waals surface area (Å²) in [6.07, 6.45) is 1.40. The van der Waals surface area contributed by atoms with Gasteiger partial charge in [0.15, 0.2) is 6.10 Å². The van der Waals surface area contributed by atoms with Crippen molar-refractivity contribution in [2.24, 2.45) is 0 Å². The van der Waals surface area contributed by atoms with Crippen LogP contribution in [0.2, 0.25) is 0 Å². The lowest BCUT2D eigenvalue weighted by molar-refractivity contribution is -0.122. The number of pyridine rings is 1. The molecule has 0 radical (unpaired) electrons. The molecule has 1 fully saturated rings. The molecule has 2 aromatic rings. The molecule has 0 bridgehead atoms. The average molecular weight is 434 g/mol. The first kappa shape index (κ1) is 19.6. The smallest absolute Gasteiger partial charge is 0.265 e. The molecule has 1 aromatic heterocycles. The zero-order valence-electron chi connectivity index (χ0n) is 15.7. The second-order valence-electron chi connectivity index (χ2n) is 6.77. The van der Waals surface area contributed by atoms with Crippen LogP contribution in [0, 0.1) is 0 Å². The third-order valence-electron chi connectivity index (χ3n) is 4.25. The SMILES string of the molecule is CC1CN(c2ccc(NC(=O)C(C)Oc3ccc(Br)cc3)cn2)CC(C)O1. The van der Waals surface area contributed by atoms with E-state index < -0.39 is 6.10 Å². The number of hydrogen-bond acceptors (Lipinski definition) is 5. The standard InChI is InChI=1S/C20H24BrN3O3/c1-13-11-24(12-14(2)26-13)19-9-6-17(10-22-19)23-20(25)15(3)27-18-7-4-16(21)5-8-18/h4-10,13-15H,11-12H2,1-3H3,(H,23,25). The molecule has 1 saturated heterocycles. The summed E-state index contributed by atoms with van der Waals surface area (Å²) < 4.78 is 12.4. The van der Waals surface area contributed by atoms with Gasteiger partial charge >= 0.3 is 0 Å². The van der Waals surface area contributed by atoms with Crippen molar-refractivity contribution in [1.29, 1.82) is 0 Å². The summed E-state index contributed by atoms with van der Waals surface area (Å²) in [6.45, 7) is 7.45. The maximum absolute atomic E-state index is 12.4. The van der Waals surface area contributed by atoms with Gasteiger partial charge in [0.05, 0.1) is 24.1 Å². The number of nitrogens with one attached hydrogen (secondary N) is 1. The van der Waals surface area contributed by atoms with Crippen LogP contribution in [-0.2, 0) is 9.53 Å². The highest BCUT2D eigenvalue weighted by Crippen LogP contribution is 2.20. The summed E-state index contributed by atoms with van der Waals surface area (Å²) in [5.74, 6) is 1.31. The van der Waals surface area contributed by atoms with Gasteiger partial charge in [-0.2, -0.15) is 0 Å². The van der Waals surface area contributed by atoms with E-state index in [1.165, 1.54) is 0 Å². The summed E-state index contributed by atoms with van der Waals surface area (Å²) in [4.78, 5) is 19.0. The van der Waals surface area contributed by atoms with Crippen molar-refractivity contribution >= 4 is 33.3 Å². The van der Waals surface area contributed by atoms with E-state index in [2.05, 4.69) is 45.0 Å². The van der Waals surface area contributed by atoms with Crippen molar-refractivity contribution in [2.75, 3.05) is 23.3 Å². The van der Waals surface area contributed by atoms with Gasteiger partial charge in [-0.05, 0) is 57.2 Å². The van der Waals surface area contributed by atoms with Gasteiger partial charge in [-0.3, -0.25) is 4.79 Å². The second-order valence-corrected chi connectivity index (χ2v) is 7.69. The topological polar surface area (TPSA) is 63.7 Å². The third-order valence-corrected chi connectivity index (χ3v) is 4.78. The predicted octanol–water partition coefficient (Wildman–Crippen LogP) is 3.86. The number of morpholine rings is 1. The lowest BCUT2D eigenvalue weighted by Gasteiger charge is -2.36. The molecule has 6 nitrogen and oxygen atoms in total. The zero-order chi connectivity index (χ0) is 19.4. The number of carbonyl (C=O) groups excluding carboxylic acids is 1. The number of nitrogens with zero attached hydrogens (tertiary/aromatic N) is 2. The van der Waals surface area contributed by atoms with Gasteiger partial charge in [-0.15, -0.1) is 0 Å². The highest BCUT2D eigenvalue weighted by Gasteiger charge is 2.23. The Kier molecular flexibility index (Phi) is 6.34. The summed E-state index contributed by atoms with van der Waals surface area (Å²) in [6, 6.07) is 11.1. The van der Waals surface area contributed by atoms with Crippen molar-refractivity contribution in [3.8, 4) is 5.75 Å². The number of amides is 1. The van der Waals surface area contributed by atoms with Gasteiger partial charge < -0.3 is 19.7 Å². The molecule has 144 valence electrons. The molecular formula is C20H24BrN3O3. The highest BCUT2D eigenvalue weighted by molar-refractivity contribution is 9.10. The number of halogens is 1. The number of rotatable bonds is 5. The normalized spacial score (nSPS) is 20.8. The summed E-state index contributed by atoms with van der Waals surface area (Å²) in [7, 11) is 0. The van der Waals surface area contributed by atoms with E-state index in [9.17, 15) is 4.79 Å². The predicted molar refractivity (Wildman–Crippen MR) is 109 cm³/mol. The Bertz CT molecular complexity index is 757. The minimum atomic E-state index is -0.619. The minimum Gasteiger partial charge on any atom is -0.481 e. The van der Waals surface area contributed by atoms with Crippen LogP contribution >= 0.6 is 15.9 Å². The Balaban J connectivity index is 1.57. The fourth-order valence-corrected chi connectivity index (χ4v) is 3.29. The Morgan fingerprint density at radius 2 is 1.89 bits per heavy atom. The Labute approximate surface area is 168 Å². The van der Waals surface area contributed by atoms with Gasteiger partial charge in [0.25, 0.3) is 5.91 Å². The molecule has 1 aliphatic heterocycles. The van der Waals surface area contributed by atoms with Crippen LogP contribution in [0.1, 0.15) is 20.8 Å². The molecule has 27 heavy (non-hydrogen) atoms. The molecular weight excluding hydrogens is 410 g/mol. The number of ether oxygens (including phenoxy) is 2. The van der Waals surface area contributed by atoms with Crippen molar-refractivity contribution in [1.82, 2.24) is 4.98 Å². The number of carbonyl (C=O) groups is 1. The van der Waals surface area contributed by atoms with Crippen molar-refractivity contribution in [2.45, 2.75) is 39.1 Å². The largest absolute Gasteiger partial charge is 0.481 e. The molecule has 1 aliphatic rings. The number of anilines is 2. The second kappa shape index (κ2) is 8.71. The van der Waals surface area contributed by atoms with Crippen LogP contribution in [0.25, 0.3) is 0 Å². The van der Waals surface area contributed by atoms with Crippen LogP contribution in [0.5, 0.6) is 5.75 Å². The van der Waals surface area contributed by atoms with E-state index in [0.717, 1.165) is 23.4 Å². The fourth-order valence-electron chi connectivity index (χ4n) is 3.03. The third kappa shape index (κ3) is 5.43. The maximum Gasteiger partial charge on any atom is 0.265 e. The Morgan fingerprint density at radius 1 is 1.22 bits per heavy atom. The molecule has 0 spiro atoms. The molecule has 1 amide bonds. The molecule has 2 heterocycles. The van der Waals surface area contributed by atoms with Crippen LogP contribution in [0.4, 0.5) is 11.5 Å². The molecule has 3 atom stereocenters. The highest BCUT2D eigenvalue weighted by atomic mass is 79.9. The summed E-state index contributed by atoms with van der Waals surface area (Å²) in [5.41, 5.74) is 0.643. The number of aromatic nitrogens is 1. The lowest BCUT2D eigenvalue weighted by atomic mass is 10.2. The van der Waals surface area contributed by atoms with Gasteiger partial charge in [-0.25, -0.2) is 4.98 Å². The molecule has 0 saturated carbocycles. The van der Waals surface area contributed by atoms with E-state index >= 15 is 0 Å². The van der Waals surface area contributed by atoms with Crippen molar-refractivity contribution in [3.63, 3.8) is 0 Å². The lowest BCUT2D eigenvalue weighted by Crippen LogP contribution is -2.45. The maximum atomic E-state index is 12.4. The minimum absolute atomic E-state index is 0.173. The van der Waals surface area contributed by atoms with E-state index in [4.69, 9.17) is 9.47 Å². The summed E-state index contributed by atoms with van der Waals surface area (Å²) in [5, 5.41) is 2.84. The number of hydrogen-bond donors (Lipinski definition) is 1. The molecule has 7 heteroatoms. The van der Waals surface area contributed by atoms with Crippen LogP contribution in [0.3, 0.4) is 0 Å². The van der Waals surface area contributed by atoms with E-state index in [-0.39, 0.29) is 18.1 Å². The average Bonchev–Trinajstić information content (AvgIpc) is 2.63. The van der Waals surface area contributed by atoms with Gasteiger partial charge in [-0.1, -0.05) is 15.9 Å². The van der Waals surface area contributed by atoms with Crippen LogP contribution < -0.4 is 15.0 Å². The van der Waals surface area contributed by atoms with Crippen LogP contribution in [-0.4, -0.2) is 42.3 Å². The fraction of sp³-hybridized carbons (Fsp3) is 0.400. The van der Waals surface area contributed by atoms with Gasteiger partial charge in [0.2, 0.25) is 0 Å². The number of benzene rings is 1. The zero-order valence-corrected chi connectivity index (χ0v) is 17.3. The Morgan fingerprint density at radius 3 is 2.48 bits per heavy atom. The summed E-state index contributed by atoms with van der Waals surface area (Å²) >= 11 is 3.37.